The van der Waals surface area contributed by atoms with Gasteiger partial charge in [-0.05, 0) is 37.9 Å². The fourth-order valence-corrected chi connectivity index (χ4v) is 4.81. The van der Waals surface area contributed by atoms with Gasteiger partial charge in [0.25, 0.3) is 0 Å². The molecule has 1 aromatic rings. The van der Waals surface area contributed by atoms with E-state index in [9.17, 15) is 8.42 Å². The molecule has 1 atom stereocenters. The van der Waals surface area contributed by atoms with E-state index in [1.54, 1.807) is 6.07 Å². The van der Waals surface area contributed by atoms with Gasteiger partial charge in [0.1, 0.15) is 4.21 Å². The van der Waals surface area contributed by atoms with Crippen LogP contribution in [-0.4, -0.2) is 21.0 Å². The van der Waals surface area contributed by atoms with Crippen LogP contribution in [0.4, 0.5) is 0 Å². The quantitative estimate of drug-likeness (QED) is 0.697. The van der Waals surface area contributed by atoms with Crippen molar-refractivity contribution >= 4 is 21.4 Å². The van der Waals surface area contributed by atoms with Gasteiger partial charge in [-0.25, -0.2) is 13.1 Å². The maximum atomic E-state index is 12.4. The van der Waals surface area contributed by atoms with E-state index in [1.165, 1.54) is 11.3 Å². The van der Waals surface area contributed by atoms with E-state index in [2.05, 4.69) is 18.6 Å². The normalized spacial score (nSPS) is 13.6. The molecule has 0 radical (unpaired) electrons. The molecule has 6 heteroatoms. The molecule has 0 fully saturated rings. The van der Waals surface area contributed by atoms with Crippen LogP contribution in [0, 0.1) is 0 Å². The summed E-state index contributed by atoms with van der Waals surface area (Å²) in [6.07, 6.45) is 5.65. The molecule has 0 saturated carbocycles. The third-order valence-corrected chi connectivity index (χ3v) is 6.32. The molecule has 0 aliphatic carbocycles. The molecule has 0 bridgehead atoms. The zero-order valence-corrected chi connectivity index (χ0v) is 14.0. The summed E-state index contributed by atoms with van der Waals surface area (Å²) in [6.45, 7) is 4.75. The van der Waals surface area contributed by atoms with Gasteiger partial charge in [0.15, 0.2) is 0 Å². The average molecular weight is 319 g/mol. The van der Waals surface area contributed by atoms with Gasteiger partial charge in [-0.1, -0.05) is 33.1 Å². The first kappa shape index (κ1) is 17.6. The first-order chi connectivity index (χ1) is 9.53. The molecule has 0 amide bonds. The molecule has 116 valence electrons. The van der Waals surface area contributed by atoms with E-state index in [-0.39, 0.29) is 6.04 Å². The van der Waals surface area contributed by atoms with Gasteiger partial charge < -0.3 is 5.73 Å². The van der Waals surface area contributed by atoms with Crippen LogP contribution < -0.4 is 10.5 Å². The lowest BCUT2D eigenvalue weighted by atomic mass is 10.1. The number of rotatable bonds is 10. The van der Waals surface area contributed by atoms with Crippen LogP contribution in [0.3, 0.4) is 0 Å². The second-order valence-electron chi connectivity index (χ2n) is 5.01. The lowest BCUT2D eigenvalue weighted by Crippen LogP contribution is -2.34. The molecule has 1 rings (SSSR count). The Morgan fingerprint density at radius 1 is 1.25 bits per heavy atom. The summed E-state index contributed by atoms with van der Waals surface area (Å²) in [6, 6.07) is 3.58. The largest absolute Gasteiger partial charge is 0.330 e. The van der Waals surface area contributed by atoms with Gasteiger partial charge in [0.2, 0.25) is 10.0 Å². The molecule has 1 aromatic heterocycles. The second kappa shape index (κ2) is 8.77. The van der Waals surface area contributed by atoms with Crippen molar-refractivity contribution in [1.82, 2.24) is 4.72 Å². The van der Waals surface area contributed by atoms with Gasteiger partial charge in [-0.15, -0.1) is 11.3 Å². The monoisotopic (exact) mass is 318 g/mol. The van der Waals surface area contributed by atoms with Crippen molar-refractivity contribution in [2.75, 3.05) is 6.54 Å². The van der Waals surface area contributed by atoms with Crippen molar-refractivity contribution in [3.05, 3.63) is 17.0 Å². The summed E-state index contributed by atoms with van der Waals surface area (Å²) in [5.74, 6) is 0. The van der Waals surface area contributed by atoms with Crippen molar-refractivity contribution in [2.24, 2.45) is 5.73 Å². The van der Waals surface area contributed by atoms with Crippen molar-refractivity contribution in [3.8, 4) is 0 Å². The summed E-state index contributed by atoms with van der Waals surface area (Å²) < 4.78 is 28.0. The Balaban J connectivity index is 2.74. The summed E-state index contributed by atoms with van der Waals surface area (Å²) >= 11 is 1.32. The Kier molecular flexibility index (Phi) is 7.72. The molecule has 3 N–H and O–H groups in total. The molecule has 20 heavy (non-hydrogen) atoms. The number of thiophene rings is 1. The standard InChI is InChI=1S/C14H26N2O2S2/c1-3-5-7-12(6-4-2)16-20(17,18)14-9-8-13(19-14)10-11-15/h8-9,12,16H,3-7,10-11,15H2,1-2H3. The highest BCUT2D eigenvalue weighted by atomic mass is 32.2. The van der Waals surface area contributed by atoms with Gasteiger partial charge in [0, 0.05) is 10.9 Å². The lowest BCUT2D eigenvalue weighted by Gasteiger charge is -2.17. The van der Waals surface area contributed by atoms with Gasteiger partial charge >= 0.3 is 0 Å². The minimum Gasteiger partial charge on any atom is -0.330 e. The number of hydrogen-bond donors (Lipinski definition) is 2. The molecule has 0 aliphatic rings. The van der Waals surface area contributed by atoms with Crippen LogP contribution in [0.25, 0.3) is 0 Å². The van der Waals surface area contributed by atoms with Crippen LogP contribution in [0.1, 0.15) is 50.8 Å². The SMILES string of the molecule is CCCCC(CCC)NS(=O)(=O)c1ccc(CCN)s1. The molecule has 0 aliphatic heterocycles. The Labute approximate surface area is 126 Å². The predicted molar refractivity (Wildman–Crippen MR) is 85.6 cm³/mol. The number of nitrogens with one attached hydrogen (secondary N) is 1. The van der Waals surface area contributed by atoms with E-state index in [4.69, 9.17) is 5.73 Å². The topological polar surface area (TPSA) is 72.2 Å². The molecule has 0 aromatic carbocycles. The Hall–Kier alpha value is -0.430. The average Bonchev–Trinajstić information content (AvgIpc) is 2.86. The second-order valence-corrected chi connectivity index (χ2v) is 8.12. The molecular formula is C14H26N2O2S2. The highest BCUT2D eigenvalue weighted by Gasteiger charge is 2.21. The Morgan fingerprint density at radius 3 is 2.60 bits per heavy atom. The molecule has 0 spiro atoms. The number of sulfonamides is 1. The first-order valence-electron chi connectivity index (χ1n) is 7.34. The van der Waals surface area contributed by atoms with Crippen molar-refractivity contribution in [1.29, 1.82) is 0 Å². The zero-order valence-electron chi connectivity index (χ0n) is 12.4. The van der Waals surface area contributed by atoms with Gasteiger partial charge in [0.05, 0.1) is 0 Å². The summed E-state index contributed by atoms with van der Waals surface area (Å²) in [7, 11) is -3.38. The zero-order chi connectivity index (χ0) is 15.0. The van der Waals surface area contributed by atoms with Crippen LogP contribution in [-0.2, 0) is 16.4 Å². The summed E-state index contributed by atoms with van der Waals surface area (Å²) in [5.41, 5.74) is 5.50. The van der Waals surface area contributed by atoms with E-state index in [1.807, 2.05) is 6.07 Å². The first-order valence-corrected chi connectivity index (χ1v) is 9.64. The van der Waals surface area contributed by atoms with E-state index < -0.39 is 10.0 Å². The Morgan fingerprint density at radius 2 is 2.00 bits per heavy atom. The summed E-state index contributed by atoms with van der Waals surface area (Å²) in [4.78, 5) is 1.02. The predicted octanol–water partition coefficient (Wildman–Crippen LogP) is 2.89. The van der Waals surface area contributed by atoms with Crippen molar-refractivity contribution in [3.63, 3.8) is 0 Å². The highest BCUT2D eigenvalue weighted by molar-refractivity contribution is 7.91. The van der Waals surface area contributed by atoms with E-state index >= 15 is 0 Å². The maximum Gasteiger partial charge on any atom is 0.250 e. The van der Waals surface area contributed by atoms with Gasteiger partial charge in [-0.3, -0.25) is 0 Å². The van der Waals surface area contributed by atoms with Gasteiger partial charge in [-0.2, -0.15) is 0 Å². The van der Waals surface area contributed by atoms with Crippen LogP contribution in [0.5, 0.6) is 0 Å². The fourth-order valence-electron chi connectivity index (χ4n) is 2.12. The molecule has 1 heterocycles. The lowest BCUT2D eigenvalue weighted by molar-refractivity contribution is 0.484. The minimum absolute atomic E-state index is 0.0463. The maximum absolute atomic E-state index is 12.4. The van der Waals surface area contributed by atoms with E-state index in [0.29, 0.717) is 10.8 Å². The third-order valence-electron chi connectivity index (χ3n) is 3.16. The minimum atomic E-state index is -3.38. The molecular weight excluding hydrogens is 292 g/mol. The molecule has 1 unspecified atom stereocenters. The number of nitrogens with two attached hydrogens (primary N) is 1. The smallest absolute Gasteiger partial charge is 0.250 e. The van der Waals surface area contributed by atoms with Crippen molar-refractivity contribution in [2.45, 2.75) is 62.6 Å². The van der Waals surface area contributed by atoms with Crippen LogP contribution in [0.15, 0.2) is 16.3 Å². The summed E-state index contributed by atoms with van der Waals surface area (Å²) in [5, 5.41) is 0. The van der Waals surface area contributed by atoms with E-state index in [0.717, 1.165) is 43.4 Å². The Bertz CT molecular complexity index is 483. The third kappa shape index (κ3) is 5.52. The number of hydrogen-bond acceptors (Lipinski definition) is 4. The highest BCUT2D eigenvalue weighted by Crippen LogP contribution is 2.22. The molecule has 4 nitrogen and oxygen atoms in total. The van der Waals surface area contributed by atoms with Crippen LogP contribution >= 0.6 is 11.3 Å². The van der Waals surface area contributed by atoms with Crippen LogP contribution in [0.2, 0.25) is 0 Å². The number of unbranched alkanes of at least 4 members (excludes halogenated alkanes) is 1. The van der Waals surface area contributed by atoms with Crippen molar-refractivity contribution < 1.29 is 8.42 Å². The fraction of sp³-hybridized carbons (Fsp3) is 0.714. The molecule has 0 saturated heterocycles.